The quantitative estimate of drug-likeness (QED) is 0.710. The molecule has 0 saturated heterocycles. The third-order valence-electron chi connectivity index (χ3n) is 3.74. The number of methoxy groups -OCH3 is 2. The molecule has 0 fully saturated rings. The summed E-state index contributed by atoms with van der Waals surface area (Å²) in [7, 11) is -0.609. The third-order valence-corrected chi connectivity index (χ3v) is 4.99. The fraction of sp³-hybridized carbons (Fsp3) is 0.562. The number of benzene rings is 1. The SMILES string of the molecule is CCN(CC)C(=O)c1cc(OC)c(OC)cc1N(CC)S(C)(=O)=O. The molecule has 1 aromatic carbocycles. The van der Waals surface area contributed by atoms with Crippen LogP contribution in [0.5, 0.6) is 11.5 Å². The maximum atomic E-state index is 12.9. The molecular weight excluding hydrogens is 332 g/mol. The van der Waals surface area contributed by atoms with Crippen LogP contribution >= 0.6 is 0 Å². The largest absolute Gasteiger partial charge is 0.493 e. The van der Waals surface area contributed by atoms with Crippen LogP contribution < -0.4 is 13.8 Å². The van der Waals surface area contributed by atoms with E-state index in [1.54, 1.807) is 11.8 Å². The van der Waals surface area contributed by atoms with Crippen molar-refractivity contribution in [2.75, 3.05) is 44.4 Å². The van der Waals surface area contributed by atoms with E-state index < -0.39 is 10.0 Å². The van der Waals surface area contributed by atoms with Crippen LogP contribution in [0.1, 0.15) is 31.1 Å². The summed E-state index contributed by atoms with van der Waals surface area (Å²) < 4.78 is 36.0. The highest BCUT2D eigenvalue weighted by molar-refractivity contribution is 7.92. The molecule has 0 heterocycles. The molecule has 1 rings (SSSR count). The molecular formula is C16H26N2O5S. The molecule has 0 aliphatic heterocycles. The standard InChI is InChI=1S/C16H26N2O5S/c1-7-17(8-2)16(19)12-10-14(22-4)15(23-5)11-13(12)18(9-3)24(6,20)21/h10-11H,7-9H2,1-6H3. The molecule has 0 bridgehead atoms. The fourth-order valence-electron chi connectivity index (χ4n) is 2.51. The second-order valence-corrected chi connectivity index (χ2v) is 7.04. The zero-order chi connectivity index (χ0) is 18.5. The number of carbonyl (C=O) groups excluding carboxylic acids is 1. The van der Waals surface area contributed by atoms with E-state index in [0.29, 0.717) is 24.6 Å². The molecule has 7 nitrogen and oxygen atoms in total. The Morgan fingerprint density at radius 1 is 1.00 bits per heavy atom. The highest BCUT2D eigenvalue weighted by Crippen LogP contribution is 2.36. The number of hydrogen-bond acceptors (Lipinski definition) is 5. The predicted octanol–water partition coefficient (Wildman–Crippen LogP) is 1.97. The van der Waals surface area contributed by atoms with Crippen molar-refractivity contribution < 1.29 is 22.7 Å². The van der Waals surface area contributed by atoms with Gasteiger partial charge in [0.25, 0.3) is 5.91 Å². The van der Waals surface area contributed by atoms with Gasteiger partial charge in [-0.3, -0.25) is 9.10 Å². The van der Waals surface area contributed by atoms with Gasteiger partial charge < -0.3 is 14.4 Å². The molecule has 1 amide bonds. The summed E-state index contributed by atoms with van der Waals surface area (Å²) in [5.74, 6) is 0.491. The molecule has 0 N–H and O–H groups in total. The molecule has 24 heavy (non-hydrogen) atoms. The number of hydrogen-bond donors (Lipinski definition) is 0. The van der Waals surface area contributed by atoms with E-state index in [1.807, 2.05) is 13.8 Å². The van der Waals surface area contributed by atoms with Crippen LogP contribution in [0.15, 0.2) is 12.1 Å². The highest BCUT2D eigenvalue weighted by atomic mass is 32.2. The molecule has 0 spiro atoms. The molecule has 0 aliphatic rings. The number of amides is 1. The van der Waals surface area contributed by atoms with E-state index in [2.05, 4.69) is 0 Å². The van der Waals surface area contributed by atoms with Crippen molar-refractivity contribution in [3.05, 3.63) is 17.7 Å². The van der Waals surface area contributed by atoms with Gasteiger partial charge in [0, 0.05) is 25.7 Å². The van der Waals surface area contributed by atoms with Crippen molar-refractivity contribution in [3.8, 4) is 11.5 Å². The second kappa shape index (κ2) is 8.23. The maximum absolute atomic E-state index is 12.9. The number of carbonyl (C=O) groups is 1. The molecule has 0 aliphatic carbocycles. The smallest absolute Gasteiger partial charge is 0.256 e. The summed E-state index contributed by atoms with van der Waals surface area (Å²) in [5, 5.41) is 0. The average molecular weight is 358 g/mol. The number of rotatable bonds is 8. The summed E-state index contributed by atoms with van der Waals surface area (Å²) in [4.78, 5) is 14.5. The predicted molar refractivity (Wildman–Crippen MR) is 94.7 cm³/mol. The van der Waals surface area contributed by atoms with Crippen LogP contribution in [0.4, 0.5) is 5.69 Å². The van der Waals surface area contributed by atoms with E-state index in [0.717, 1.165) is 6.26 Å². The van der Waals surface area contributed by atoms with Gasteiger partial charge in [-0.1, -0.05) is 0 Å². The topological polar surface area (TPSA) is 76.2 Å². The second-order valence-electron chi connectivity index (χ2n) is 5.13. The summed E-state index contributed by atoms with van der Waals surface area (Å²) in [6.07, 6.45) is 1.11. The molecule has 0 aromatic heterocycles. The molecule has 0 unspecified atom stereocenters. The van der Waals surface area contributed by atoms with Gasteiger partial charge in [-0.15, -0.1) is 0 Å². The minimum Gasteiger partial charge on any atom is -0.493 e. The Hall–Kier alpha value is -1.96. The van der Waals surface area contributed by atoms with Crippen LogP contribution in [0.25, 0.3) is 0 Å². The van der Waals surface area contributed by atoms with Gasteiger partial charge in [0.2, 0.25) is 10.0 Å². The molecule has 8 heteroatoms. The Bertz CT molecular complexity index is 684. The van der Waals surface area contributed by atoms with Crippen molar-refractivity contribution >= 4 is 21.6 Å². The average Bonchev–Trinajstić information content (AvgIpc) is 2.54. The van der Waals surface area contributed by atoms with Crippen molar-refractivity contribution in [2.24, 2.45) is 0 Å². The number of anilines is 1. The fourth-order valence-corrected chi connectivity index (χ4v) is 3.49. The normalized spacial score (nSPS) is 11.1. The van der Waals surface area contributed by atoms with Crippen LogP contribution in [-0.4, -0.2) is 59.3 Å². The molecule has 1 aromatic rings. The Balaban J connectivity index is 3.68. The minimum absolute atomic E-state index is 0.201. The Kier molecular flexibility index (Phi) is 6.89. The van der Waals surface area contributed by atoms with Crippen LogP contribution in [-0.2, 0) is 10.0 Å². The number of sulfonamides is 1. The Morgan fingerprint density at radius 2 is 1.50 bits per heavy atom. The lowest BCUT2D eigenvalue weighted by atomic mass is 10.1. The van der Waals surface area contributed by atoms with E-state index in [4.69, 9.17) is 9.47 Å². The van der Waals surface area contributed by atoms with Gasteiger partial charge in [0.1, 0.15) is 0 Å². The number of nitrogens with zero attached hydrogens (tertiary/aromatic N) is 2. The van der Waals surface area contributed by atoms with Gasteiger partial charge in [0.15, 0.2) is 11.5 Å². The Labute approximate surface area is 144 Å². The first-order valence-corrected chi connectivity index (χ1v) is 9.62. The first-order chi connectivity index (χ1) is 11.2. The van der Waals surface area contributed by atoms with E-state index in [-0.39, 0.29) is 23.7 Å². The molecule has 0 radical (unpaired) electrons. The lowest BCUT2D eigenvalue weighted by molar-refractivity contribution is 0.0773. The van der Waals surface area contributed by atoms with Crippen LogP contribution in [0, 0.1) is 0 Å². The molecule has 136 valence electrons. The first-order valence-electron chi connectivity index (χ1n) is 7.77. The van der Waals surface area contributed by atoms with Gasteiger partial charge in [-0.05, 0) is 26.8 Å². The maximum Gasteiger partial charge on any atom is 0.256 e. The summed E-state index contributed by atoms with van der Waals surface area (Å²) in [6.45, 7) is 6.70. The lowest BCUT2D eigenvalue weighted by Gasteiger charge is -2.27. The lowest BCUT2D eigenvalue weighted by Crippen LogP contribution is -2.35. The zero-order valence-electron chi connectivity index (χ0n) is 15.1. The molecule has 0 atom stereocenters. The van der Waals surface area contributed by atoms with Crippen LogP contribution in [0.3, 0.4) is 0 Å². The van der Waals surface area contributed by atoms with Gasteiger partial charge >= 0.3 is 0 Å². The van der Waals surface area contributed by atoms with Gasteiger partial charge in [-0.2, -0.15) is 0 Å². The third kappa shape index (κ3) is 4.11. The summed E-state index contributed by atoms with van der Waals surface area (Å²) in [6, 6.07) is 3.06. The van der Waals surface area contributed by atoms with Gasteiger partial charge in [0.05, 0.1) is 31.7 Å². The van der Waals surface area contributed by atoms with Crippen molar-refractivity contribution in [1.82, 2.24) is 4.90 Å². The van der Waals surface area contributed by atoms with Gasteiger partial charge in [-0.25, -0.2) is 8.42 Å². The minimum atomic E-state index is -3.54. The zero-order valence-corrected chi connectivity index (χ0v) is 15.9. The van der Waals surface area contributed by atoms with E-state index in [9.17, 15) is 13.2 Å². The van der Waals surface area contributed by atoms with E-state index >= 15 is 0 Å². The van der Waals surface area contributed by atoms with Crippen molar-refractivity contribution in [3.63, 3.8) is 0 Å². The monoisotopic (exact) mass is 358 g/mol. The van der Waals surface area contributed by atoms with Crippen molar-refractivity contribution in [1.29, 1.82) is 0 Å². The van der Waals surface area contributed by atoms with Crippen LogP contribution in [0.2, 0.25) is 0 Å². The summed E-state index contributed by atoms with van der Waals surface area (Å²) >= 11 is 0. The van der Waals surface area contributed by atoms with Crippen molar-refractivity contribution in [2.45, 2.75) is 20.8 Å². The summed E-state index contributed by atoms with van der Waals surface area (Å²) in [5.41, 5.74) is 0.554. The Morgan fingerprint density at radius 3 is 1.88 bits per heavy atom. The van der Waals surface area contributed by atoms with E-state index in [1.165, 1.54) is 30.7 Å². The molecule has 0 saturated carbocycles. The highest BCUT2D eigenvalue weighted by Gasteiger charge is 2.26. The number of ether oxygens (including phenoxy) is 2. The first kappa shape index (κ1) is 20.1.